The number of nitrogens with zero attached hydrogens (tertiary/aromatic N) is 6. The van der Waals surface area contributed by atoms with Crippen LogP contribution in [0.1, 0.15) is 353 Å². The molecule has 0 aliphatic heterocycles. The fourth-order valence-corrected chi connectivity index (χ4v) is 16.2. The Morgan fingerprint density at radius 1 is 0.281 bits per heavy atom. The summed E-state index contributed by atoms with van der Waals surface area (Å²) in [5, 5.41) is 0. The van der Waals surface area contributed by atoms with E-state index in [9.17, 15) is 0 Å². The van der Waals surface area contributed by atoms with E-state index in [1.807, 2.05) is 0 Å². The average Bonchev–Trinajstić information content (AvgIpc) is 1.63. The van der Waals surface area contributed by atoms with Gasteiger partial charge >= 0.3 is 0 Å². The minimum absolute atomic E-state index is 0.0902. The summed E-state index contributed by atoms with van der Waals surface area (Å²) in [5.41, 5.74) is 12.2. The Hall–Kier alpha value is -3.06. The van der Waals surface area contributed by atoms with Crippen molar-refractivity contribution in [1.82, 2.24) is 14.7 Å². The highest BCUT2D eigenvalue weighted by atomic mass is 15.3. The van der Waals surface area contributed by atoms with Crippen molar-refractivity contribution in [3.63, 3.8) is 0 Å². The van der Waals surface area contributed by atoms with E-state index in [-0.39, 0.29) is 72.0 Å². The fraction of sp³-hybridized carbons (Fsp3) is 0.783. The second kappa shape index (κ2) is 32.9. The summed E-state index contributed by atoms with van der Waals surface area (Å²) in [6, 6.07) is 24.6. The fourth-order valence-electron chi connectivity index (χ4n) is 16.2. The number of hydrogen-bond acceptors (Lipinski definition) is 6. The maximum atomic E-state index is 2.62. The highest BCUT2D eigenvalue weighted by Crippen LogP contribution is 2.43. The predicted molar refractivity (Wildman–Crippen MR) is 412 cm³/mol. The van der Waals surface area contributed by atoms with Crippen LogP contribution in [0.15, 0.2) is 66.7 Å². The van der Waals surface area contributed by atoms with Gasteiger partial charge in [0.2, 0.25) is 0 Å². The zero-order valence-corrected chi connectivity index (χ0v) is 69.5. The molecule has 3 aromatic carbocycles. The van der Waals surface area contributed by atoms with E-state index in [2.05, 4.69) is 428 Å². The molecule has 89 heavy (non-hydrogen) atoms. The van der Waals surface area contributed by atoms with Gasteiger partial charge in [-0.15, -0.1) is 0 Å². The maximum absolute atomic E-state index is 2.62. The Morgan fingerprint density at radius 2 is 0.539 bits per heavy atom. The van der Waals surface area contributed by atoms with Crippen molar-refractivity contribution in [2.24, 2.45) is 0 Å². The Balaban J connectivity index is -0.00000101. The molecule has 0 bridgehead atoms. The van der Waals surface area contributed by atoms with Crippen molar-refractivity contribution in [2.75, 3.05) is 21.2 Å². The number of rotatable bonds is 7. The Labute approximate surface area is 561 Å². The molecule has 0 spiro atoms. The molecule has 0 amide bonds. The third kappa shape index (κ3) is 31.2. The van der Waals surface area contributed by atoms with Crippen LogP contribution in [0.25, 0.3) is 0 Å². The van der Waals surface area contributed by atoms with Crippen LogP contribution in [-0.4, -0.2) is 99.3 Å². The first-order valence-corrected chi connectivity index (χ1v) is 34.8. The molecule has 3 rings (SSSR count). The van der Waals surface area contributed by atoms with Gasteiger partial charge in [0.05, 0.1) is 0 Å². The van der Waals surface area contributed by atoms with Gasteiger partial charge in [-0.05, 0) is 350 Å². The summed E-state index contributed by atoms with van der Waals surface area (Å²) in [7, 11) is 0. The van der Waals surface area contributed by atoms with Gasteiger partial charge in [0, 0.05) is 95.1 Å². The lowest BCUT2D eigenvalue weighted by Gasteiger charge is -2.53. The van der Waals surface area contributed by atoms with E-state index in [0.717, 1.165) is 6.54 Å². The average molecular weight is 1240 g/mol. The molecule has 6 heteroatoms. The molecule has 0 saturated heterocycles. The molecule has 3 aromatic rings. The Bertz CT molecular complexity index is 2280. The van der Waals surface area contributed by atoms with Crippen LogP contribution in [0.5, 0.6) is 0 Å². The molecule has 0 aromatic heterocycles. The van der Waals surface area contributed by atoms with E-state index in [4.69, 9.17) is 0 Å². The largest absolute Gasteiger partial charge is 0.362 e. The van der Waals surface area contributed by atoms with Crippen LogP contribution >= 0.6 is 0 Å². The molecule has 0 unspecified atom stereocenters. The lowest BCUT2D eigenvalue weighted by molar-refractivity contribution is -0.0403. The number of hydrogen-bond donors (Lipinski definition) is 0. The molecule has 0 atom stereocenters. The molecule has 0 saturated carbocycles. The van der Waals surface area contributed by atoms with Gasteiger partial charge in [-0.3, -0.25) is 14.7 Å². The maximum Gasteiger partial charge on any atom is 0.0445 e. The molecule has 0 N–H and O–H groups in total. The minimum Gasteiger partial charge on any atom is -0.362 e. The zero-order valence-electron chi connectivity index (χ0n) is 69.5. The quantitative estimate of drug-likeness (QED) is 0.233. The molecule has 0 aliphatic rings. The highest BCUT2D eigenvalue weighted by Gasteiger charge is 2.40. The minimum atomic E-state index is 0.0902. The van der Waals surface area contributed by atoms with E-state index >= 15 is 0 Å². The van der Waals surface area contributed by atoms with E-state index < -0.39 is 0 Å². The molecule has 6 nitrogen and oxygen atoms in total. The summed E-state index contributed by atoms with van der Waals surface area (Å²) < 4.78 is 0. The summed E-state index contributed by atoms with van der Waals surface area (Å²) in [6.07, 6.45) is 0. The van der Waals surface area contributed by atoms with Crippen molar-refractivity contribution in [2.45, 2.75) is 422 Å². The molecular weight excluding hydrogens is 1080 g/mol. The third-order valence-corrected chi connectivity index (χ3v) is 15.2. The monoisotopic (exact) mass is 1240 g/mol. The van der Waals surface area contributed by atoms with Crippen LogP contribution in [0.4, 0.5) is 17.1 Å². The normalized spacial score (nSPS) is 13.6. The lowest BCUT2D eigenvalue weighted by Crippen LogP contribution is -2.60. The van der Waals surface area contributed by atoms with Crippen LogP contribution in [0, 0.1) is 13.8 Å². The van der Waals surface area contributed by atoms with Crippen molar-refractivity contribution in [3.8, 4) is 0 Å². The predicted octanol–water partition coefficient (Wildman–Crippen LogP) is 25.0. The van der Waals surface area contributed by atoms with Gasteiger partial charge in [-0.2, -0.15) is 0 Å². The number of aryl methyl sites for hydroxylation is 2. The number of anilines is 3. The molecule has 0 radical (unpaired) electrons. The van der Waals surface area contributed by atoms with E-state index in [1.165, 1.54) is 39.3 Å². The van der Waals surface area contributed by atoms with Gasteiger partial charge in [0.25, 0.3) is 0 Å². The van der Waals surface area contributed by atoms with Crippen molar-refractivity contribution in [1.29, 1.82) is 0 Å². The third-order valence-electron chi connectivity index (χ3n) is 15.2. The van der Waals surface area contributed by atoms with Gasteiger partial charge in [0.1, 0.15) is 0 Å². The van der Waals surface area contributed by atoms with Gasteiger partial charge < -0.3 is 14.7 Å². The molecule has 0 aliphatic carbocycles. The zero-order chi connectivity index (χ0) is 72.2. The summed E-state index contributed by atoms with van der Waals surface area (Å²) in [5.74, 6) is 1.07. The van der Waals surface area contributed by atoms with E-state index in [0.29, 0.717) is 17.9 Å². The highest BCUT2D eigenvalue weighted by molar-refractivity contribution is 5.65. The molecule has 0 heterocycles. The Kier molecular flexibility index (Phi) is 33.3. The smallest absolute Gasteiger partial charge is 0.0445 e. The first kappa shape index (κ1) is 90.1. The van der Waals surface area contributed by atoms with Gasteiger partial charge in [0.15, 0.2) is 0 Å². The summed E-state index contributed by atoms with van der Waals surface area (Å²) >= 11 is 0. The number of benzene rings is 3. The SMILES string of the molecule is CC(C)(C)N(C(C)(C)C)C(C)(C)C.CC(C)(C)N(c1ccccc1)C(C)(C)C.CC(C)N(C(C)(C)C)C(C)(C)C.CC(C)c1cccc(C(C)C)c1N(C(C)(C)C)C(C)(C)C.CCN(C(C)(C)C)C(C)(C)C.Cc1cccc(C)c1N(C(C)(C)C)C(C)(C)C. The second-order valence-corrected chi connectivity index (χ2v) is 39.4. The van der Waals surface area contributed by atoms with Crippen molar-refractivity contribution in [3.05, 3.63) is 89.0 Å². The van der Waals surface area contributed by atoms with E-state index in [1.54, 1.807) is 0 Å². The van der Waals surface area contributed by atoms with Crippen molar-refractivity contribution >= 4 is 17.1 Å². The molecular formula is C83H160N6. The van der Waals surface area contributed by atoms with Crippen molar-refractivity contribution < 1.29 is 0 Å². The first-order valence-electron chi connectivity index (χ1n) is 34.8. The lowest BCUT2D eigenvalue weighted by atomic mass is 9.86. The topological polar surface area (TPSA) is 19.4 Å². The van der Waals surface area contributed by atoms with Crippen LogP contribution < -0.4 is 14.7 Å². The van der Waals surface area contributed by atoms with Crippen LogP contribution in [0.2, 0.25) is 0 Å². The summed E-state index contributed by atoms with van der Waals surface area (Å²) in [4.78, 5) is 15.2. The standard InChI is InChI=1S/C20H35N.C16H27N.C14H23N.C12H27N.C11H25N.C10H23N/c1-14(2)16-12-11-13-17(15(3)4)18(16)21(19(5,6)7)20(8,9)10;1-12-10-9-11-13(2)14(12)17(15(3,4)5)16(6,7)8;1-13(2,3)15(14(4,5)6)12-10-8-7-9-11-12;1-10(2,3)13(11(4,5)6)12(7,8)9;1-9(2)12(10(3,4)5)11(6,7)8;1-8-11(9(2,3)4)10(5,6)7/h11-15H,1-10H3;9-11H,1-8H3;7-11H,1-6H3;1-9H3;9H,1-8H3;8H2,1-7H3. The summed E-state index contributed by atoms with van der Waals surface area (Å²) in [6.45, 7) is 110. The van der Waals surface area contributed by atoms with Gasteiger partial charge in [-0.25, -0.2) is 0 Å². The molecule has 0 fully saturated rings. The Morgan fingerprint density at radius 3 is 0.708 bits per heavy atom. The molecule has 522 valence electrons. The second-order valence-electron chi connectivity index (χ2n) is 39.4. The first-order chi connectivity index (χ1) is 38.8. The van der Waals surface area contributed by atoms with Crippen LogP contribution in [0.3, 0.4) is 0 Å². The van der Waals surface area contributed by atoms with Gasteiger partial charge in [-0.1, -0.05) is 89.2 Å². The number of para-hydroxylation sites is 3. The van der Waals surface area contributed by atoms with Crippen LogP contribution in [-0.2, 0) is 0 Å².